The number of hydrogen-bond donors (Lipinski definition) is 0. The predicted molar refractivity (Wildman–Crippen MR) is 127 cm³/mol. The van der Waals surface area contributed by atoms with Crippen LogP contribution in [-0.2, 0) is 31.9 Å². The smallest absolute Gasteiger partial charge is 0.237 e. The Morgan fingerprint density at radius 3 is 2.66 bits per heavy atom. The minimum atomic E-state index is -3.13. The summed E-state index contributed by atoms with van der Waals surface area (Å²) >= 11 is 6.20. The molecule has 32 heavy (non-hydrogen) atoms. The second-order valence-corrected chi connectivity index (χ2v) is 11.5. The lowest BCUT2D eigenvalue weighted by Crippen LogP contribution is -2.52. The summed E-state index contributed by atoms with van der Waals surface area (Å²) in [4.78, 5) is 19.2. The molecule has 3 aromatic rings. The van der Waals surface area contributed by atoms with Crippen LogP contribution in [0.5, 0.6) is 0 Å². The SMILES string of the molecule is [B]C([B])(c1cc2cc(Cl)ccc2n1CCCS(C)(=O)=O)N1C(=O)C2(CC2)c2ccncc21. The van der Waals surface area contributed by atoms with Crippen LogP contribution in [0.25, 0.3) is 10.9 Å². The van der Waals surface area contributed by atoms with E-state index in [4.69, 9.17) is 27.3 Å². The molecule has 3 heterocycles. The standard InChI is InChI=1S/C22H20B2ClN3O3S/c1-32(30,31)10-2-9-27-17-4-3-15(25)11-14(17)12-19(27)22(23,24)28-18-13-26-8-5-16(18)21(6-7-21)20(28)29/h3-5,8,11-13H,2,6-7,9-10H2,1H3. The number of pyridine rings is 1. The number of fused-ring (bicyclic) bond motifs is 3. The van der Waals surface area contributed by atoms with Crippen molar-refractivity contribution in [3.63, 3.8) is 0 Å². The number of benzene rings is 1. The first-order valence-corrected chi connectivity index (χ1v) is 12.8. The Labute approximate surface area is 194 Å². The molecule has 5 rings (SSSR count). The molecule has 4 radical (unpaired) electrons. The fourth-order valence-electron chi connectivity index (χ4n) is 4.80. The quantitative estimate of drug-likeness (QED) is 0.527. The van der Waals surface area contributed by atoms with Gasteiger partial charge in [-0.15, -0.1) is 0 Å². The van der Waals surface area contributed by atoms with Crippen LogP contribution < -0.4 is 4.90 Å². The summed E-state index contributed by atoms with van der Waals surface area (Å²) < 4.78 is 25.3. The van der Waals surface area contributed by atoms with Crippen molar-refractivity contribution in [1.82, 2.24) is 9.55 Å². The van der Waals surface area contributed by atoms with E-state index in [1.807, 2.05) is 22.8 Å². The number of halogens is 1. The highest BCUT2D eigenvalue weighted by Gasteiger charge is 2.61. The molecule has 0 N–H and O–H groups in total. The lowest BCUT2D eigenvalue weighted by atomic mass is 9.58. The van der Waals surface area contributed by atoms with Crippen molar-refractivity contribution >= 4 is 59.6 Å². The van der Waals surface area contributed by atoms with E-state index < -0.39 is 20.6 Å². The Hall–Kier alpha value is -2.25. The zero-order valence-electron chi connectivity index (χ0n) is 17.6. The Balaban J connectivity index is 1.63. The maximum Gasteiger partial charge on any atom is 0.237 e. The van der Waals surface area contributed by atoms with Crippen molar-refractivity contribution in [2.45, 2.75) is 36.6 Å². The number of amides is 1. The van der Waals surface area contributed by atoms with E-state index in [2.05, 4.69) is 4.98 Å². The molecule has 1 spiro atoms. The number of carbonyl (C=O) groups is 1. The number of aromatic nitrogens is 2. The molecule has 0 atom stereocenters. The first-order valence-electron chi connectivity index (χ1n) is 10.4. The number of aryl methyl sites for hydroxylation is 1. The van der Waals surface area contributed by atoms with Gasteiger partial charge in [0.25, 0.3) is 0 Å². The molecule has 2 aliphatic rings. The zero-order valence-corrected chi connectivity index (χ0v) is 19.2. The lowest BCUT2D eigenvalue weighted by Gasteiger charge is -2.38. The topological polar surface area (TPSA) is 72.3 Å². The van der Waals surface area contributed by atoms with Crippen LogP contribution in [-0.4, -0.2) is 51.6 Å². The molecular formula is C22H20B2ClN3O3S. The number of hydrogen-bond acceptors (Lipinski definition) is 4. The predicted octanol–water partition coefficient (Wildman–Crippen LogP) is 2.65. The molecule has 1 aliphatic carbocycles. The van der Waals surface area contributed by atoms with Crippen LogP contribution >= 0.6 is 11.6 Å². The maximum absolute atomic E-state index is 13.5. The fraction of sp³-hybridized carbons (Fsp3) is 0.364. The molecule has 1 amide bonds. The summed E-state index contributed by atoms with van der Waals surface area (Å²) in [5.41, 5.74) is 2.27. The van der Waals surface area contributed by atoms with E-state index in [0.717, 1.165) is 29.3 Å². The van der Waals surface area contributed by atoms with Crippen molar-refractivity contribution in [2.24, 2.45) is 0 Å². The molecule has 6 nitrogen and oxygen atoms in total. The Morgan fingerprint density at radius 2 is 1.97 bits per heavy atom. The summed E-state index contributed by atoms with van der Waals surface area (Å²) in [5.74, 6) is -0.100. The highest BCUT2D eigenvalue weighted by molar-refractivity contribution is 7.90. The third-order valence-corrected chi connectivity index (χ3v) is 7.72. The molecular weight excluding hydrogens is 443 g/mol. The van der Waals surface area contributed by atoms with Gasteiger partial charge in [-0.1, -0.05) is 11.6 Å². The molecule has 1 fully saturated rings. The van der Waals surface area contributed by atoms with Gasteiger partial charge in [-0.2, -0.15) is 0 Å². The second kappa shape index (κ2) is 7.12. The average molecular weight is 464 g/mol. The normalized spacial score (nSPS) is 17.3. The lowest BCUT2D eigenvalue weighted by molar-refractivity contribution is -0.120. The maximum atomic E-state index is 13.5. The zero-order chi connectivity index (χ0) is 22.9. The molecule has 1 saturated carbocycles. The van der Waals surface area contributed by atoms with E-state index in [1.165, 1.54) is 11.2 Å². The Morgan fingerprint density at radius 1 is 1.22 bits per heavy atom. The third-order valence-electron chi connectivity index (χ3n) is 6.46. The van der Waals surface area contributed by atoms with Gasteiger partial charge in [0, 0.05) is 46.0 Å². The Bertz CT molecular complexity index is 1370. The number of nitrogens with zero attached hydrogens (tertiary/aromatic N) is 3. The molecule has 0 bridgehead atoms. The van der Waals surface area contributed by atoms with Crippen LogP contribution in [0, 0.1) is 0 Å². The largest absolute Gasteiger partial charge is 0.344 e. The van der Waals surface area contributed by atoms with Gasteiger partial charge in [-0.3, -0.25) is 9.78 Å². The van der Waals surface area contributed by atoms with Gasteiger partial charge in [0.15, 0.2) is 0 Å². The van der Waals surface area contributed by atoms with Gasteiger partial charge < -0.3 is 9.47 Å². The van der Waals surface area contributed by atoms with Gasteiger partial charge in [-0.25, -0.2) is 8.42 Å². The average Bonchev–Trinajstić information content (AvgIpc) is 3.38. The van der Waals surface area contributed by atoms with Crippen molar-refractivity contribution in [3.05, 3.63) is 59.0 Å². The van der Waals surface area contributed by atoms with Crippen LogP contribution in [0.2, 0.25) is 5.02 Å². The molecule has 1 aliphatic heterocycles. The van der Waals surface area contributed by atoms with E-state index >= 15 is 0 Å². The third kappa shape index (κ3) is 3.28. The number of anilines is 1. The molecule has 160 valence electrons. The van der Waals surface area contributed by atoms with Crippen LogP contribution in [0.1, 0.15) is 30.5 Å². The summed E-state index contributed by atoms with van der Waals surface area (Å²) in [6, 6.07) is 9.09. The van der Waals surface area contributed by atoms with E-state index in [-0.39, 0.29) is 11.7 Å². The van der Waals surface area contributed by atoms with Gasteiger partial charge in [0.2, 0.25) is 5.91 Å². The monoisotopic (exact) mass is 463 g/mol. The molecule has 10 heteroatoms. The van der Waals surface area contributed by atoms with Gasteiger partial charge in [0.05, 0.1) is 38.7 Å². The minimum absolute atomic E-state index is 0.0281. The van der Waals surface area contributed by atoms with Crippen LogP contribution in [0.3, 0.4) is 0 Å². The molecule has 2 aromatic heterocycles. The van der Waals surface area contributed by atoms with E-state index in [1.54, 1.807) is 24.5 Å². The summed E-state index contributed by atoms with van der Waals surface area (Å²) in [5, 5.41) is -0.301. The summed E-state index contributed by atoms with van der Waals surface area (Å²) in [7, 11) is 10.4. The van der Waals surface area contributed by atoms with Crippen molar-refractivity contribution in [1.29, 1.82) is 0 Å². The molecule has 0 unspecified atom stereocenters. The van der Waals surface area contributed by atoms with E-state index in [9.17, 15) is 13.2 Å². The van der Waals surface area contributed by atoms with Crippen molar-refractivity contribution in [2.75, 3.05) is 16.9 Å². The first kappa shape index (κ1) is 21.6. The fourth-order valence-corrected chi connectivity index (χ4v) is 5.63. The van der Waals surface area contributed by atoms with Crippen LogP contribution in [0.15, 0.2) is 42.7 Å². The summed E-state index contributed by atoms with van der Waals surface area (Å²) in [6.07, 6.45) is 6.39. The van der Waals surface area contributed by atoms with Crippen molar-refractivity contribution in [3.8, 4) is 0 Å². The van der Waals surface area contributed by atoms with Crippen LogP contribution in [0.4, 0.5) is 5.69 Å². The number of carbonyl (C=O) groups excluding carboxylic acids is 1. The van der Waals surface area contributed by atoms with Crippen molar-refractivity contribution < 1.29 is 13.2 Å². The second-order valence-electron chi connectivity index (χ2n) is 8.81. The van der Waals surface area contributed by atoms with Gasteiger partial charge >= 0.3 is 0 Å². The highest BCUT2D eigenvalue weighted by Crippen LogP contribution is 2.58. The number of sulfone groups is 1. The minimum Gasteiger partial charge on any atom is -0.344 e. The Kier molecular flexibility index (Phi) is 4.81. The van der Waals surface area contributed by atoms with E-state index in [0.29, 0.717) is 29.4 Å². The van der Waals surface area contributed by atoms with Gasteiger partial charge in [-0.05, 0) is 55.2 Å². The molecule has 0 saturated heterocycles. The first-order chi connectivity index (χ1) is 15.0. The van der Waals surface area contributed by atoms with Gasteiger partial charge in [0.1, 0.15) is 9.84 Å². The highest BCUT2D eigenvalue weighted by atomic mass is 35.5. The summed E-state index contributed by atoms with van der Waals surface area (Å²) in [6.45, 7) is 0.372. The molecule has 1 aromatic carbocycles. The number of rotatable bonds is 6.